The lowest BCUT2D eigenvalue weighted by atomic mass is 10.00. The van der Waals surface area contributed by atoms with Crippen molar-refractivity contribution in [3.63, 3.8) is 0 Å². The number of pyridine rings is 1. The quantitative estimate of drug-likeness (QED) is 0.523. The van der Waals surface area contributed by atoms with E-state index in [1.807, 2.05) is 25.1 Å². The van der Waals surface area contributed by atoms with Crippen LogP contribution in [0.25, 0.3) is 17.1 Å². The Hall–Kier alpha value is -3.81. The maximum absolute atomic E-state index is 13.2. The van der Waals surface area contributed by atoms with E-state index in [0.717, 1.165) is 22.5 Å². The molecule has 1 aliphatic heterocycles. The third-order valence-electron chi connectivity index (χ3n) is 5.34. The van der Waals surface area contributed by atoms with Gasteiger partial charge in [-0.2, -0.15) is 5.10 Å². The first-order valence-electron chi connectivity index (χ1n) is 9.60. The van der Waals surface area contributed by atoms with E-state index < -0.39 is 0 Å². The van der Waals surface area contributed by atoms with Gasteiger partial charge >= 0.3 is 0 Å². The molecule has 0 saturated carbocycles. The first kappa shape index (κ1) is 18.2. The Labute approximate surface area is 171 Å². The fraction of sp³-hybridized carbons (Fsp3) is 0.182. The summed E-state index contributed by atoms with van der Waals surface area (Å²) in [6.07, 6.45) is 3.88. The monoisotopic (exact) mass is 403 g/mol. The number of halogens is 1. The molecule has 30 heavy (non-hydrogen) atoms. The molecule has 1 aliphatic rings. The molecule has 0 N–H and O–H groups in total. The summed E-state index contributed by atoms with van der Waals surface area (Å²) in [5.74, 6) is 0.892. The Morgan fingerprint density at radius 1 is 1.17 bits per heavy atom. The third-order valence-corrected chi connectivity index (χ3v) is 5.34. The van der Waals surface area contributed by atoms with Crippen LogP contribution in [0.15, 0.2) is 59.4 Å². The summed E-state index contributed by atoms with van der Waals surface area (Å²) in [6.45, 7) is 2.75. The highest BCUT2D eigenvalue weighted by atomic mass is 19.1. The Kier molecular flexibility index (Phi) is 4.39. The molecule has 1 amide bonds. The number of aromatic nitrogens is 4. The topological polar surface area (TPSA) is 77.0 Å². The normalized spacial score (nSPS) is 13.3. The van der Waals surface area contributed by atoms with Gasteiger partial charge in [0.1, 0.15) is 11.5 Å². The molecule has 0 saturated heterocycles. The Bertz CT molecular complexity index is 1210. The maximum atomic E-state index is 13.2. The molecule has 0 atom stereocenters. The van der Waals surface area contributed by atoms with Gasteiger partial charge in [0.2, 0.25) is 0 Å². The predicted molar refractivity (Wildman–Crippen MR) is 106 cm³/mol. The largest absolute Gasteiger partial charge is 0.356 e. The van der Waals surface area contributed by atoms with Gasteiger partial charge in [-0.1, -0.05) is 11.2 Å². The van der Waals surface area contributed by atoms with Gasteiger partial charge in [-0.3, -0.25) is 4.79 Å². The summed E-state index contributed by atoms with van der Waals surface area (Å²) >= 11 is 0. The fourth-order valence-corrected chi connectivity index (χ4v) is 3.73. The number of carbonyl (C=O) groups is 1. The zero-order chi connectivity index (χ0) is 20.7. The van der Waals surface area contributed by atoms with Gasteiger partial charge in [-0.15, -0.1) is 0 Å². The first-order chi connectivity index (χ1) is 14.6. The lowest BCUT2D eigenvalue weighted by Crippen LogP contribution is -2.36. The van der Waals surface area contributed by atoms with E-state index in [9.17, 15) is 9.18 Å². The van der Waals surface area contributed by atoms with Crippen molar-refractivity contribution < 1.29 is 13.7 Å². The van der Waals surface area contributed by atoms with E-state index in [4.69, 9.17) is 4.52 Å². The van der Waals surface area contributed by atoms with E-state index in [1.54, 1.807) is 34.1 Å². The maximum Gasteiger partial charge on any atom is 0.257 e. The van der Waals surface area contributed by atoms with Crippen LogP contribution < -0.4 is 0 Å². The molecule has 3 aromatic heterocycles. The molecule has 4 heterocycles. The van der Waals surface area contributed by atoms with Crippen LogP contribution in [0, 0.1) is 12.7 Å². The lowest BCUT2D eigenvalue weighted by Gasteiger charge is -2.26. The average molecular weight is 403 g/mol. The van der Waals surface area contributed by atoms with Crippen molar-refractivity contribution >= 4 is 5.91 Å². The van der Waals surface area contributed by atoms with Crippen LogP contribution in [0.2, 0.25) is 0 Å². The summed E-state index contributed by atoms with van der Waals surface area (Å²) in [5.41, 5.74) is 3.73. The minimum absolute atomic E-state index is 0.105. The SMILES string of the molecule is Cc1c(C(=O)N2CCc3c(noc3-c3ccc(F)cc3)C2)cnn1-c1ccccn1. The van der Waals surface area contributed by atoms with Crippen LogP contribution in [0.5, 0.6) is 0 Å². The second kappa shape index (κ2) is 7.22. The molecular formula is C22H18FN5O2. The van der Waals surface area contributed by atoms with Crippen molar-refractivity contribution in [1.29, 1.82) is 0 Å². The molecule has 1 aromatic carbocycles. The molecule has 8 heteroatoms. The van der Waals surface area contributed by atoms with Gasteiger partial charge < -0.3 is 9.42 Å². The molecule has 0 fully saturated rings. The Balaban J connectivity index is 1.39. The molecule has 0 spiro atoms. The van der Waals surface area contributed by atoms with Crippen LogP contribution in [0.1, 0.15) is 27.3 Å². The van der Waals surface area contributed by atoms with E-state index in [1.165, 1.54) is 12.1 Å². The van der Waals surface area contributed by atoms with Gasteiger partial charge in [0.25, 0.3) is 5.91 Å². The molecule has 0 unspecified atom stereocenters. The summed E-state index contributed by atoms with van der Waals surface area (Å²) in [4.78, 5) is 19.2. The minimum atomic E-state index is -0.300. The predicted octanol–water partition coefficient (Wildman–Crippen LogP) is 3.57. The summed E-state index contributed by atoms with van der Waals surface area (Å²) in [5, 5.41) is 8.50. The molecule has 4 aromatic rings. The number of hydrogen-bond acceptors (Lipinski definition) is 5. The van der Waals surface area contributed by atoms with Crippen LogP contribution in [0.3, 0.4) is 0 Å². The van der Waals surface area contributed by atoms with Crippen molar-refractivity contribution in [2.24, 2.45) is 0 Å². The zero-order valence-corrected chi connectivity index (χ0v) is 16.2. The summed E-state index contributed by atoms with van der Waals surface area (Å²) in [7, 11) is 0. The van der Waals surface area contributed by atoms with Crippen LogP contribution >= 0.6 is 0 Å². The van der Waals surface area contributed by atoms with Gasteiger partial charge in [0.05, 0.1) is 24.0 Å². The van der Waals surface area contributed by atoms with E-state index in [0.29, 0.717) is 36.7 Å². The van der Waals surface area contributed by atoms with Gasteiger partial charge in [-0.25, -0.2) is 14.1 Å². The number of benzene rings is 1. The highest BCUT2D eigenvalue weighted by molar-refractivity contribution is 5.95. The van der Waals surface area contributed by atoms with Crippen molar-refractivity contribution in [3.8, 4) is 17.1 Å². The standard InChI is InChI=1S/C22H18FN5O2/c1-14-18(12-25-28(14)20-4-2-3-10-24-20)22(29)27-11-9-17-19(13-27)26-30-21(17)15-5-7-16(23)8-6-15/h2-8,10,12H,9,11,13H2,1H3. The second-order valence-corrected chi connectivity index (χ2v) is 7.16. The Morgan fingerprint density at radius 3 is 2.77 bits per heavy atom. The number of carbonyl (C=O) groups excluding carboxylic acids is 1. The van der Waals surface area contributed by atoms with Crippen molar-refractivity contribution in [2.45, 2.75) is 19.9 Å². The average Bonchev–Trinajstić information content (AvgIpc) is 3.37. The molecule has 5 rings (SSSR count). The van der Waals surface area contributed by atoms with Crippen LogP contribution in [-0.4, -0.2) is 37.3 Å². The molecule has 0 radical (unpaired) electrons. The fourth-order valence-electron chi connectivity index (χ4n) is 3.73. The smallest absolute Gasteiger partial charge is 0.257 e. The molecular weight excluding hydrogens is 385 g/mol. The number of fused-ring (bicyclic) bond motifs is 1. The first-order valence-corrected chi connectivity index (χ1v) is 9.60. The number of amides is 1. The van der Waals surface area contributed by atoms with Crippen LogP contribution in [0.4, 0.5) is 4.39 Å². The second-order valence-electron chi connectivity index (χ2n) is 7.16. The van der Waals surface area contributed by atoms with Gasteiger partial charge in [-0.05, 0) is 49.7 Å². The number of rotatable bonds is 3. The summed E-state index contributed by atoms with van der Waals surface area (Å²) in [6, 6.07) is 11.7. The Morgan fingerprint density at radius 2 is 2.00 bits per heavy atom. The number of hydrogen-bond donors (Lipinski definition) is 0. The van der Waals surface area contributed by atoms with Crippen molar-refractivity contribution in [3.05, 3.63) is 83.2 Å². The van der Waals surface area contributed by atoms with E-state index >= 15 is 0 Å². The van der Waals surface area contributed by atoms with Crippen LogP contribution in [-0.2, 0) is 13.0 Å². The highest BCUT2D eigenvalue weighted by Gasteiger charge is 2.29. The van der Waals surface area contributed by atoms with E-state index in [-0.39, 0.29) is 11.7 Å². The number of nitrogens with zero attached hydrogens (tertiary/aromatic N) is 5. The summed E-state index contributed by atoms with van der Waals surface area (Å²) < 4.78 is 20.4. The third kappa shape index (κ3) is 3.06. The van der Waals surface area contributed by atoms with Gasteiger partial charge in [0, 0.05) is 23.9 Å². The van der Waals surface area contributed by atoms with Crippen molar-refractivity contribution in [2.75, 3.05) is 6.54 Å². The highest BCUT2D eigenvalue weighted by Crippen LogP contribution is 2.31. The molecule has 7 nitrogen and oxygen atoms in total. The van der Waals surface area contributed by atoms with Gasteiger partial charge in [0.15, 0.2) is 11.6 Å². The molecule has 0 aliphatic carbocycles. The molecule has 150 valence electrons. The minimum Gasteiger partial charge on any atom is -0.356 e. The zero-order valence-electron chi connectivity index (χ0n) is 16.2. The van der Waals surface area contributed by atoms with E-state index in [2.05, 4.69) is 15.2 Å². The lowest BCUT2D eigenvalue weighted by molar-refractivity contribution is 0.0731. The molecule has 0 bridgehead atoms. The van der Waals surface area contributed by atoms with Crippen molar-refractivity contribution in [1.82, 2.24) is 24.8 Å².